The lowest BCUT2D eigenvalue weighted by molar-refractivity contribution is -0.0220. The Bertz CT molecular complexity index is 1190. The summed E-state index contributed by atoms with van der Waals surface area (Å²) >= 11 is 0. The predicted octanol–water partition coefficient (Wildman–Crippen LogP) is 5.53. The first kappa shape index (κ1) is 22.9. The molecule has 0 aromatic carbocycles. The highest BCUT2D eigenvalue weighted by Crippen LogP contribution is 2.81. The summed E-state index contributed by atoms with van der Waals surface area (Å²) in [6, 6.07) is -1.06. The maximum Gasteiger partial charge on any atom is 0.425 e. The third-order valence-electron chi connectivity index (χ3n) is 3.91. The van der Waals surface area contributed by atoms with E-state index < -0.39 is 59.6 Å². The summed E-state index contributed by atoms with van der Waals surface area (Å²) in [4.78, 5) is 28.1. The van der Waals surface area contributed by atoms with Crippen LogP contribution in [-0.4, -0.2) is 28.3 Å². The van der Waals surface area contributed by atoms with Gasteiger partial charge in [0.25, 0.3) is 5.56 Å². The Morgan fingerprint density at radius 3 is 2.60 bits per heavy atom. The van der Waals surface area contributed by atoms with E-state index in [1.54, 1.807) is 0 Å². The van der Waals surface area contributed by atoms with Crippen molar-refractivity contribution < 1.29 is 30.2 Å². The highest BCUT2D eigenvalue weighted by Gasteiger charge is 2.42. The molecule has 1 aromatic heterocycles. The van der Waals surface area contributed by atoms with Gasteiger partial charge in [0.05, 0.1) is 18.8 Å². The summed E-state index contributed by atoms with van der Waals surface area (Å²) in [5.41, 5.74) is 7.36. The van der Waals surface area contributed by atoms with E-state index in [1.807, 2.05) is 9.50 Å². The maximum absolute atomic E-state index is 14.4. The number of H-pyrrole nitrogens is 1. The van der Waals surface area contributed by atoms with Gasteiger partial charge < -0.3 is 9.26 Å². The quantitative estimate of drug-likeness (QED) is 0.187. The van der Waals surface area contributed by atoms with Crippen LogP contribution in [0.25, 0.3) is 10.4 Å². The minimum absolute atomic E-state index is 0.128. The van der Waals surface area contributed by atoms with Crippen molar-refractivity contribution in [3.05, 3.63) is 43.0 Å². The van der Waals surface area contributed by atoms with Crippen molar-refractivity contribution in [2.24, 2.45) is 18.7 Å². The number of aromatic amines is 1. The molecule has 4 unspecified atom stereocenters. The predicted molar refractivity (Wildman–Crippen MR) is 97.1 cm³/mol. The zero-order chi connectivity index (χ0) is 22.3. The molecule has 3 rings (SSSR count). The Balaban J connectivity index is 1.85. The third kappa shape index (κ3) is 5.11. The van der Waals surface area contributed by atoms with Crippen molar-refractivity contribution >= 4 is 23.4 Å². The Morgan fingerprint density at radius 1 is 1.30 bits per heavy atom. The van der Waals surface area contributed by atoms with Crippen LogP contribution in [0, 0.1) is 6.92 Å². The number of aryl methyl sites for hydroxylation is 1. The van der Waals surface area contributed by atoms with Gasteiger partial charge >= 0.3 is 29.1 Å². The second-order valence-electron chi connectivity index (χ2n) is 6.06. The molecule has 1 N–H and O–H groups in total. The number of rotatable bonds is 5. The Morgan fingerprint density at radius 2 is 1.97 bits per heavy atom. The van der Waals surface area contributed by atoms with Gasteiger partial charge in [-0.2, -0.15) is 4.20 Å². The summed E-state index contributed by atoms with van der Waals surface area (Å²) in [5, 5.41) is 3.41. The fourth-order valence-corrected chi connectivity index (χ4v) is 8.00. The molecule has 1 fully saturated rings. The first-order valence-electron chi connectivity index (χ1n) is 7.89. The van der Waals surface area contributed by atoms with E-state index in [4.69, 9.17) is 10.3 Å². The number of azide groups is 1. The highest BCUT2D eigenvalue weighted by molar-refractivity contribution is 7.77. The van der Waals surface area contributed by atoms with Gasteiger partial charge in [0, 0.05) is 23.1 Å². The van der Waals surface area contributed by atoms with Crippen LogP contribution in [0.5, 0.6) is 0 Å². The fourth-order valence-electron chi connectivity index (χ4n) is 2.69. The molecule has 12 nitrogen and oxygen atoms in total. The molecule has 1 aromatic rings. The van der Waals surface area contributed by atoms with Crippen LogP contribution in [0.15, 0.2) is 34.4 Å². The molecule has 4 atom stereocenters. The smallest absolute Gasteiger partial charge is 0.352 e. The van der Waals surface area contributed by atoms with Crippen LogP contribution < -0.4 is 11.2 Å². The average molecular weight is 496 g/mol. The van der Waals surface area contributed by atoms with E-state index in [0.29, 0.717) is 0 Å². The van der Waals surface area contributed by atoms with Gasteiger partial charge in [-0.25, -0.2) is 4.79 Å². The molecule has 0 amide bonds. The van der Waals surface area contributed by atoms with E-state index >= 15 is 0 Å². The van der Waals surface area contributed by atoms with Crippen molar-refractivity contribution in [3.63, 3.8) is 0 Å². The Hall–Kier alpha value is -1.75. The number of halogens is 5. The van der Waals surface area contributed by atoms with Crippen molar-refractivity contribution in [3.8, 4) is 0 Å². The molecule has 0 radical (unpaired) electrons. The lowest BCUT2D eigenvalue weighted by Crippen LogP contribution is -2.33. The molecule has 0 spiro atoms. The number of hydrogen-bond donors (Lipinski definition) is 1. The number of ether oxygens (including phenoxy) is 1. The van der Waals surface area contributed by atoms with E-state index in [0.717, 1.165) is 4.57 Å². The largest absolute Gasteiger partial charge is 0.425 e. The van der Waals surface area contributed by atoms with Gasteiger partial charge in [0.15, 0.2) is 0 Å². The van der Waals surface area contributed by atoms with E-state index in [9.17, 15) is 30.6 Å². The van der Waals surface area contributed by atoms with Gasteiger partial charge in [0.2, 0.25) is 0 Å². The summed E-state index contributed by atoms with van der Waals surface area (Å²) in [7, 11) is -17.3. The van der Waals surface area contributed by atoms with Gasteiger partial charge in [-0.1, -0.05) is 5.11 Å². The average Bonchev–Trinajstić information content (AvgIpc) is 2.96. The van der Waals surface area contributed by atoms with Crippen LogP contribution in [0.1, 0.15) is 18.2 Å². The van der Waals surface area contributed by atoms with Crippen molar-refractivity contribution in [1.29, 1.82) is 0 Å². The normalized spacial score (nSPS) is 31.7. The minimum atomic E-state index is -5.94. The molecule has 0 saturated carbocycles. The van der Waals surface area contributed by atoms with Crippen LogP contribution in [-0.2, 0) is 9.26 Å². The van der Waals surface area contributed by atoms with E-state index in [1.165, 1.54) is 13.1 Å². The standard InChI is InChI=1S/C10H12F5N8O4P3/c1-5-3-23(10(25)17-9(5)24)8-2-6(18-19-16)7(27-8)4-26-30(15)21-28(11,12)20-29(13,14)22-30/h3,6-8H,2,4H2,1H3,(H,17,24,25). The third-order valence-corrected chi connectivity index (χ3v) is 9.60. The van der Waals surface area contributed by atoms with Crippen LogP contribution in [0.4, 0.5) is 21.0 Å². The summed E-state index contributed by atoms with van der Waals surface area (Å²) in [5.74, 6) is 0. The van der Waals surface area contributed by atoms with Gasteiger partial charge in [-0.15, -0.1) is 30.3 Å². The number of aromatic nitrogens is 2. The molecule has 20 heteroatoms. The van der Waals surface area contributed by atoms with Gasteiger partial charge in [0.1, 0.15) is 6.23 Å². The first-order valence-corrected chi connectivity index (χ1v) is 12.3. The van der Waals surface area contributed by atoms with Gasteiger partial charge in [-0.05, 0) is 12.5 Å². The molecule has 0 aliphatic carbocycles. The minimum Gasteiger partial charge on any atom is -0.352 e. The van der Waals surface area contributed by atoms with Crippen molar-refractivity contribution in [2.45, 2.75) is 31.7 Å². The number of nitrogens with zero attached hydrogens (tertiary/aromatic N) is 7. The summed E-state index contributed by atoms with van der Waals surface area (Å²) < 4.78 is 85.2. The molecule has 1 saturated heterocycles. The van der Waals surface area contributed by atoms with Gasteiger partial charge in [-0.3, -0.25) is 14.3 Å². The zero-order valence-electron chi connectivity index (χ0n) is 14.7. The second-order valence-corrected chi connectivity index (χ2v) is 11.2. The van der Waals surface area contributed by atoms with Crippen LogP contribution >= 0.6 is 23.4 Å². The zero-order valence-corrected chi connectivity index (χ0v) is 17.4. The fraction of sp³-hybridized carbons (Fsp3) is 0.600. The topological polar surface area (TPSA) is 159 Å². The van der Waals surface area contributed by atoms with Crippen molar-refractivity contribution in [1.82, 2.24) is 9.55 Å². The lowest BCUT2D eigenvalue weighted by Gasteiger charge is -2.20. The molecular weight excluding hydrogens is 484 g/mol. The number of nitrogens with one attached hydrogen (secondary N) is 1. The summed E-state index contributed by atoms with van der Waals surface area (Å²) in [6.07, 6.45) is -1.34. The number of hydrogen-bond acceptors (Lipinski definition) is 8. The molecule has 0 bridgehead atoms. The lowest BCUT2D eigenvalue weighted by atomic mass is 10.1. The molecule has 30 heavy (non-hydrogen) atoms. The highest BCUT2D eigenvalue weighted by atomic mass is 31.3. The van der Waals surface area contributed by atoms with Crippen molar-refractivity contribution in [2.75, 3.05) is 6.61 Å². The molecule has 166 valence electrons. The van der Waals surface area contributed by atoms with Crippen LogP contribution in [0.2, 0.25) is 0 Å². The molecule has 2 aliphatic heterocycles. The first-order chi connectivity index (χ1) is 13.8. The second kappa shape index (κ2) is 8.07. The van der Waals surface area contributed by atoms with E-state index in [2.05, 4.69) is 23.6 Å². The molecule has 3 heterocycles. The summed E-state index contributed by atoms with van der Waals surface area (Å²) in [6.45, 7) is 0.505. The molecule has 2 aliphatic rings. The maximum atomic E-state index is 14.4. The SMILES string of the molecule is Cc1cn(C2CC(N=[N+]=[N-])C(COP3(F)=NP(F)(F)=NP(F)(F)=N3)O2)c(=O)[nH]c1=O. The monoisotopic (exact) mass is 496 g/mol. The van der Waals surface area contributed by atoms with E-state index in [-0.39, 0.29) is 12.0 Å². The van der Waals surface area contributed by atoms with Crippen LogP contribution in [0.3, 0.4) is 0 Å². The Kier molecular flexibility index (Phi) is 6.16. The Labute approximate surface area is 164 Å². The molecular formula is C10H12F5N8O4P3.